The molecule has 1 aliphatic rings. The van der Waals surface area contributed by atoms with Crippen molar-refractivity contribution in [2.45, 2.75) is 38.9 Å². The van der Waals surface area contributed by atoms with Gasteiger partial charge in [0.1, 0.15) is 11.0 Å². The molecule has 0 aliphatic carbocycles. The number of methoxy groups -OCH3 is 1. The number of rotatable bonds is 10. The fourth-order valence-corrected chi connectivity index (χ4v) is 4.61. The lowest BCUT2D eigenvalue weighted by atomic mass is 10.1. The van der Waals surface area contributed by atoms with Gasteiger partial charge in [-0.3, -0.25) is 14.5 Å². The molecular formula is C25H31N3O4S. The van der Waals surface area contributed by atoms with Crippen molar-refractivity contribution < 1.29 is 19.1 Å². The highest BCUT2D eigenvalue weighted by Gasteiger charge is 2.39. The molecule has 2 amide bonds. The number of aliphatic imine (C=N–C) groups is 1. The largest absolute Gasteiger partial charge is 0.495 e. The van der Waals surface area contributed by atoms with Gasteiger partial charge in [-0.1, -0.05) is 30.0 Å². The number of carbonyl (C=O) groups excluding carboxylic acids is 2. The number of amides is 2. The van der Waals surface area contributed by atoms with Gasteiger partial charge in [-0.15, -0.1) is 0 Å². The van der Waals surface area contributed by atoms with Crippen molar-refractivity contribution in [3.63, 3.8) is 0 Å². The Bertz CT molecular complexity index is 1020. The fourth-order valence-electron chi connectivity index (χ4n) is 3.42. The van der Waals surface area contributed by atoms with E-state index in [0.29, 0.717) is 42.8 Å². The average molecular weight is 470 g/mol. The fraction of sp³-hybridized carbons (Fsp3) is 0.400. The van der Waals surface area contributed by atoms with E-state index in [-0.39, 0.29) is 18.2 Å². The van der Waals surface area contributed by atoms with Crippen LogP contribution in [0.2, 0.25) is 0 Å². The van der Waals surface area contributed by atoms with Gasteiger partial charge in [0, 0.05) is 26.2 Å². The Balaban J connectivity index is 1.75. The van der Waals surface area contributed by atoms with Gasteiger partial charge in [-0.05, 0) is 62.6 Å². The monoisotopic (exact) mass is 469 g/mol. The lowest BCUT2D eigenvalue weighted by Gasteiger charge is -2.16. The molecule has 1 fully saturated rings. The number of para-hydroxylation sites is 2. The van der Waals surface area contributed by atoms with E-state index < -0.39 is 5.25 Å². The number of hydrogen-bond donors (Lipinski definition) is 1. The van der Waals surface area contributed by atoms with Crippen molar-refractivity contribution in [2.75, 3.05) is 32.2 Å². The number of aryl methyl sites for hydroxylation is 2. The standard InChI is InChI=1S/C25H31N3O4S/c1-5-32-14-8-13-28-24(30)22(16-23(29)27-20-9-6-7-10-21(20)31-4)33-25(28)26-19-12-11-17(2)18(3)15-19/h6-7,9-12,15,22H,5,8,13-14,16H2,1-4H3,(H,27,29). The number of carbonyl (C=O) groups is 2. The van der Waals surface area contributed by atoms with E-state index in [2.05, 4.69) is 12.2 Å². The molecule has 0 bridgehead atoms. The van der Waals surface area contributed by atoms with Crippen LogP contribution in [0.3, 0.4) is 0 Å². The number of nitrogens with one attached hydrogen (secondary N) is 1. The minimum atomic E-state index is -0.530. The highest BCUT2D eigenvalue weighted by atomic mass is 32.2. The third kappa shape index (κ3) is 6.58. The minimum absolute atomic E-state index is 0.0510. The molecule has 176 valence electrons. The second kappa shape index (κ2) is 11.9. The Morgan fingerprint density at radius 2 is 1.97 bits per heavy atom. The van der Waals surface area contributed by atoms with Crippen LogP contribution in [0, 0.1) is 13.8 Å². The normalized spacial score (nSPS) is 17.0. The van der Waals surface area contributed by atoms with E-state index in [9.17, 15) is 9.59 Å². The van der Waals surface area contributed by atoms with E-state index in [1.807, 2.05) is 44.2 Å². The molecule has 33 heavy (non-hydrogen) atoms. The molecule has 1 aliphatic heterocycles. The molecule has 2 aromatic rings. The number of thioether (sulfide) groups is 1. The first-order valence-corrected chi connectivity index (χ1v) is 12.0. The van der Waals surface area contributed by atoms with Crippen molar-refractivity contribution in [3.05, 3.63) is 53.6 Å². The summed E-state index contributed by atoms with van der Waals surface area (Å²) in [7, 11) is 1.55. The molecule has 0 saturated carbocycles. The molecular weight excluding hydrogens is 438 g/mol. The maximum atomic E-state index is 13.2. The molecule has 1 saturated heterocycles. The van der Waals surface area contributed by atoms with Crippen molar-refractivity contribution in [1.29, 1.82) is 0 Å². The van der Waals surface area contributed by atoms with Gasteiger partial charge >= 0.3 is 0 Å². The van der Waals surface area contributed by atoms with Crippen LogP contribution in [-0.4, -0.2) is 54.0 Å². The van der Waals surface area contributed by atoms with Gasteiger partial charge in [-0.2, -0.15) is 0 Å². The third-order valence-corrected chi connectivity index (χ3v) is 6.54. The number of anilines is 1. The van der Waals surface area contributed by atoms with E-state index in [1.165, 1.54) is 17.3 Å². The van der Waals surface area contributed by atoms with Gasteiger partial charge in [0.25, 0.3) is 0 Å². The summed E-state index contributed by atoms with van der Waals surface area (Å²) in [4.78, 5) is 32.3. The van der Waals surface area contributed by atoms with Crippen molar-refractivity contribution >= 4 is 40.1 Å². The predicted octanol–water partition coefficient (Wildman–Crippen LogP) is 4.70. The zero-order valence-corrected chi connectivity index (χ0v) is 20.4. The van der Waals surface area contributed by atoms with Gasteiger partial charge in [0.15, 0.2) is 5.17 Å². The first-order valence-electron chi connectivity index (χ1n) is 11.1. The molecule has 1 atom stereocenters. The molecule has 3 rings (SSSR count). The van der Waals surface area contributed by atoms with Gasteiger partial charge in [0.05, 0.1) is 18.5 Å². The van der Waals surface area contributed by atoms with E-state index in [0.717, 1.165) is 11.3 Å². The van der Waals surface area contributed by atoms with Crippen LogP contribution in [0.5, 0.6) is 5.75 Å². The third-order valence-electron chi connectivity index (χ3n) is 5.36. The summed E-state index contributed by atoms with van der Waals surface area (Å²) in [5.41, 5.74) is 3.70. The topological polar surface area (TPSA) is 80.2 Å². The average Bonchev–Trinajstić information content (AvgIpc) is 3.08. The molecule has 0 spiro atoms. The quantitative estimate of drug-likeness (QED) is 0.510. The van der Waals surface area contributed by atoms with Crippen LogP contribution in [0.1, 0.15) is 30.9 Å². The summed E-state index contributed by atoms with van der Waals surface area (Å²) in [6, 6.07) is 13.2. The van der Waals surface area contributed by atoms with E-state index in [4.69, 9.17) is 14.5 Å². The number of hydrogen-bond acceptors (Lipinski definition) is 6. The van der Waals surface area contributed by atoms with Crippen molar-refractivity contribution in [3.8, 4) is 5.75 Å². The van der Waals surface area contributed by atoms with Crippen LogP contribution >= 0.6 is 11.8 Å². The smallest absolute Gasteiger partial charge is 0.242 e. The van der Waals surface area contributed by atoms with Crippen molar-refractivity contribution in [1.82, 2.24) is 4.90 Å². The summed E-state index contributed by atoms with van der Waals surface area (Å²) in [6.07, 6.45) is 0.752. The SMILES string of the molecule is CCOCCCN1C(=O)C(CC(=O)Nc2ccccc2OC)SC1=Nc1ccc(C)c(C)c1. The molecule has 8 heteroatoms. The zero-order valence-electron chi connectivity index (χ0n) is 19.6. The molecule has 0 aromatic heterocycles. The Morgan fingerprint density at radius 1 is 1.18 bits per heavy atom. The molecule has 1 N–H and O–H groups in total. The van der Waals surface area contributed by atoms with Crippen LogP contribution < -0.4 is 10.1 Å². The number of nitrogens with zero attached hydrogens (tertiary/aromatic N) is 2. The van der Waals surface area contributed by atoms with E-state index >= 15 is 0 Å². The van der Waals surface area contributed by atoms with Crippen molar-refractivity contribution in [2.24, 2.45) is 4.99 Å². The number of benzene rings is 2. The summed E-state index contributed by atoms with van der Waals surface area (Å²) in [6.45, 7) is 7.74. The molecule has 0 radical (unpaired) electrons. The number of amidine groups is 1. The Labute approximate surface area is 199 Å². The minimum Gasteiger partial charge on any atom is -0.495 e. The molecule has 1 heterocycles. The van der Waals surface area contributed by atoms with Crippen LogP contribution in [-0.2, 0) is 14.3 Å². The Kier molecular flexibility index (Phi) is 8.91. The van der Waals surface area contributed by atoms with Gasteiger partial charge < -0.3 is 14.8 Å². The summed E-state index contributed by atoms with van der Waals surface area (Å²) < 4.78 is 10.7. The highest BCUT2D eigenvalue weighted by molar-refractivity contribution is 8.15. The maximum absolute atomic E-state index is 13.2. The van der Waals surface area contributed by atoms with Gasteiger partial charge in [-0.25, -0.2) is 4.99 Å². The van der Waals surface area contributed by atoms with Crippen LogP contribution in [0.25, 0.3) is 0 Å². The number of ether oxygens (including phenoxy) is 2. The summed E-state index contributed by atoms with van der Waals surface area (Å²) in [5, 5.41) is 2.94. The van der Waals surface area contributed by atoms with Gasteiger partial charge in [0.2, 0.25) is 11.8 Å². The second-order valence-corrected chi connectivity index (χ2v) is 8.93. The zero-order chi connectivity index (χ0) is 23.8. The van der Waals surface area contributed by atoms with E-state index in [1.54, 1.807) is 24.1 Å². The second-order valence-electron chi connectivity index (χ2n) is 7.76. The van der Waals surface area contributed by atoms with Crippen LogP contribution in [0.4, 0.5) is 11.4 Å². The summed E-state index contributed by atoms with van der Waals surface area (Å²) in [5.74, 6) is 0.229. The Morgan fingerprint density at radius 3 is 2.70 bits per heavy atom. The Hall–Kier alpha value is -2.84. The first kappa shape index (κ1) is 24.8. The molecule has 1 unspecified atom stereocenters. The maximum Gasteiger partial charge on any atom is 0.242 e. The summed E-state index contributed by atoms with van der Waals surface area (Å²) >= 11 is 1.34. The highest BCUT2D eigenvalue weighted by Crippen LogP contribution is 2.33. The molecule has 7 nitrogen and oxygen atoms in total. The predicted molar refractivity (Wildman–Crippen MR) is 133 cm³/mol. The first-order chi connectivity index (χ1) is 15.9. The van der Waals surface area contributed by atoms with Crippen LogP contribution in [0.15, 0.2) is 47.5 Å². The lowest BCUT2D eigenvalue weighted by molar-refractivity contribution is -0.128. The molecule has 2 aromatic carbocycles. The lowest BCUT2D eigenvalue weighted by Crippen LogP contribution is -2.34.